The fourth-order valence-corrected chi connectivity index (χ4v) is 3.15. The number of benzene rings is 3. The largest absolute Gasteiger partial charge is 0.494 e. The molecule has 0 bridgehead atoms. The predicted molar refractivity (Wildman–Crippen MR) is 128 cm³/mol. The summed E-state index contributed by atoms with van der Waals surface area (Å²) in [7, 11) is 0. The summed E-state index contributed by atoms with van der Waals surface area (Å²) in [6.45, 7) is 4.33. The number of nitriles is 1. The molecule has 0 fully saturated rings. The van der Waals surface area contributed by atoms with Crippen LogP contribution in [-0.4, -0.2) is 25.2 Å². The van der Waals surface area contributed by atoms with E-state index in [1.807, 2.05) is 42.5 Å². The molecular formula is C28H25NO5. The maximum absolute atomic E-state index is 12.4. The molecule has 0 unspecified atom stereocenters. The van der Waals surface area contributed by atoms with E-state index in [-0.39, 0.29) is 5.75 Å². The van der Waals surface area contributed by atoms with Crippen LogP contribution in [0, 0.1) is 11.3 Å². The summed E-state index contributed by atoms with van der Waals surface area (Å²) < 4.78 is 16.1. The van der Waals surface area contributed by atoms with Crippen LogP contribution in [0.1, 0.15) is 35.2 Å². The molecule has 3 rings (SSSR count). The van der Waals surface area contributed by atoms with Crippen LogP contribution in [0.2, 0.25) is 0 Å². The van der Waals surface area contributed by atoms with Crippen molar-refractivity contribution in [1.29, 1.82) is 5.26 Å². The molecule has 0 spiro atoms. The zero-order valence-corrected chi connectivity index (χ0v) is 18.7. The molecular weight excluding hydrogens is 430 g/mol. The second kappa shape index (κ2) is 12.6. The molecule has 0 radical (unpaired) electrons. The van der Waals surface area contributed by atoms with Gasteiger partial charge in [-0.25, -0.2) is 9.59 Å². The Morgan fingerprint density at radius 2 is 1.50 bits per heavy atom. The Morgan fingerprint density at radius 3 is 2.18 bits per heavy atom. The van der Waals surface area contributed by atoms with Gasteiger partial charge in [0.1, 0.15) is 17.6 Å². The fraction of sp³-hybridized carbons (Fsp3) is 0.179. The van der Waals surface area contributed by atoms with Crippen molar-refractivity contribution in [1.82, 2.24) is 0 Å². The molecule has 0 amide bonds. The van der Waals surface area contributed by atoms with Crippen molar-refractivity contribution >= 4 is 11.9 Å². The van der Waals surface area contributed by atoms with E-state index in [1.54, 1.807) is 36.4 Å². The van der Waals surface area contributed by atoms with Gasteiger partial charge in [-0.3, -0.25) is 0 Å². The third kappa shape index (κ3) is 7.07. The van der Waals surface area contributed by atoms with Crippen LogP contribution in [-0.2, 0) is 9.53 Å². The topological polar surface area (TPSA) is 85.6 Å². The minimum atomic E-state index is -0.517. The first-order chi connectivity index (χ1) is 16.6. The van der Waals surface area contributed by atoms with E-state index in [0.29, 0.717) is 24.3 Å². The summed E-state index contributed by atoms with van der Waals surface area (Å²) in [5.74, 6) is 0.105. The van der Waals surface area contributed by atoms with Gasteiger partial charge in [0.2, 0.25) is 0 Å². The average Bonchev–Trinajstić information content (AvgIpc) is 2.88. The normalized spacial score (nSPS) is 10.1. The lowest BCUT2D eigenvalue weighted by Crippen LogP contribution is -2.09. The van der Waals surface area contributed by atoms with Gasteiger partial charge in [0.25, 0.3) is 0 Å². The molecule has 34 heavy (non-hydrogen) atoms. The van der Waals surface area contributed by atoms with Gasteiger partial charge in [-0.15, -0.1) is 0 Å². The maximum Gasteiger partial charge on any atom is 0.343 e. The van der Waals surface area contributed by atoms with Crippen molar-refractivity contribution in [3.05, 3.63) is 96.6 Å². The van der Waals surface area contributed by atoms with Gasteiger partial charge in [-0.1, -0.05) is 43.0 Å². The van der Waals surface area contributed by atoms with Crippen LogP contribution >= 0.6 is 0 Å². The quantitative estimate of drug-likeness (QED) is 0.159. The summed E-state index contributed by atoms with van der Waals surface area (Å²) in [5.41, 5.74) is 2.65. The SMILES string of the molecule is C=CC(=O)OCCCCCOc1ccc(-c2ccc(C(=O)Oc3ccccc3C#N)cc2)cc1. The number of unbranched alkanes of at least 4 members (excludes halogenated alkanes) is 2. The number of para-hydroxylation sites is 1. The van der Waals surface area contributed by atoms with Gasteiger partial charge in [-0.2, -0.15) is 5.26 Å². The highest BCUT2D eigenvalue weighted by Gasteiger charge is 2.11. The lowest BCUT2D eigenvalue weighted by molar-refractivity contribution is -0.137. The fourth-order valence-electron chi connectivity index (χ4n) is 3.15. The van der Waals surface area contributed by atoms with Crippen LogP contribution in [0.3, 0.4) is 0 Å². The third-order valence-electron chi connectivity index (χ3n) is 4.99. The molecule has 172 valence electrons. The van der Waals surface area contributed by atoms with E-state index in [2.05, 4.69) is 6.58 Å². The first-order valence-corrected chi connectivity index (χ1v) is 10.9. The average molecular weight is 456 g/mol. The molecule has 0 heterocycles. The van der Waals surface area contributed by atoms with Crippen LogP contribution in [0.5, 0.6) is 11.5 Å². The highest BCUT2D eigenvalue weighted by atomic mass is 16.5. The third-order valence-corrected chi connectivity index (χ3v) is 4.99. The highest BCUT2D eigenvalue weighted by molar-refractivity contribution is 5.92. The van der Waals surface area contributed by atoms with Gasteiger partial charge in [-0.05, 0) is 66.8 Å². The van der Waals surface area contributed by atoms with Crippen molar-refractivity contribution in [2.24, 2.45) is 0 Å². The van der Waals surface area contributed by atoms with Crippen molar-refractivity contribution in [2.45, 2.75) is 19.3 Å². The van der Waals surface area contributed by atoms with Crippen molar-refractivity contribution in [2.75, 3.05) is 13.2 Å². The molecule has 0 aliphatic carbocycles. The number of rotatable bonds is 11. The van der Waals surface area contributed by atoms with Gasteiger partial charge in [0.15, 0.2) is 0 Å². The number of hydrogen-bond donors (Lipinski definition) is 0. The Kier molecular flexibility index (Phi) is 9.00. The van der Waals surface area contributed by atoms with Crippen LogP contribution in [0.15, 0.2) is 85.5 Å². The Bertz CT molecular complexity index is 1160. The molecule has 0 N–H and O–H groups in total. The Morgan fingerprint density at radius 1 is 0.853 bits per heavy atom. The number of ether oxygens (including phenoxy) is 3. The van der Waals surface area contributed by atoms with Gasteiger partial charge in [0.05, 0.1) is 24.3 Å². The Balaban J connectivity index is 1.47. The number of carbonyl (C=O) groups is 2. The minimum Gasteiger partial charge on any atom is -0.494 e. The van der Waals surface area contributed by atoms with Gasteiger partial charge >= 0.3 is 11.9 Å². The second-order valence-electron chi connectivity index (χ2n) is 7.38. The standard InChI is InChI=1S/C28H25NO5/c1-2-27(30)33-19-7-3-6-18-32-25-16-14-22(15-17-25)21-10-12-23(13-11-21)28(31)34-26-9-5-4-8-24(26)20-29/h2,4-5,8-17H,1,3,6-7,18-19H2. The van der Waals surface area contributed by atoms with Crippen LogP contribution < -0.4 is 9.47 Å². The van der Waals surface area contributed by atoms with E-state index in [4.69, 9.17) is 19.5 Å². The number of esters is 2. The summed E-state index contributed by atoms with van der Waals surface area (Å²) in [5, 5.41) is 9.13. The highest BCUT2D eigenvalue weighted by Crippen LogP contribution is 2.24. The number of carbonyl (C=O) groups excluding carboxylic acids is 2. The molecule has 3 aromatic carbocycles. The molecule has 6 nitrogen and oxygen atoms in total. The van der Waals surface area contributed by atoms with Crippen LogP contribution in [0.4, 0.5) is 0 Å². The number of nitrogens with zero attached hydrogens (tertiary/aromatic N) is 1. The molecule has 0 aliphatic rings. The smallest absolute Gasteiger partial charge is 0.343 e. The predicted octanol–water partition coefficient (Wildman–Crippen LogP) is 5.72. The minimum absolute atomic E-state index is 0.241. The van der Waals surface area contributed by atoms with E-state index in [1.165, 1.54) is 0 Å². The zero-order valence-electron chi connectivity index (χ0n) is 18.7. The van der Waals surface area contributed by atoms with E-state index >= 15 is 0 Å². The zero-order chi connectivity index (χ0) is 24.2. The lowest BCUT2D eigenvalue weighted by atomic mass is 10.0. The molecule has 3 aromatic rings. The molecule has 6 heteroatoms. The summed E-state index contributed by atoms with van der Waals surface area (Å²) >= 11 is 0. The Labute approximate surface area is 199 Å². The summed E-state index contributed by atoms with van der Waals surface area (Å²) in [6, 6.07) is 23.5. The van der Waals surface area contributed by atoms with E-state index < -0.39 is 11.9 Å². The monoisotopic (exact) mass is 455 g/mol. The summed E-state index contributed by atoms with van der Waals surface area (Å²) in [4.78, 5) is 23.4. The number of hydrogen-bond acceptors (Lipinski definition) is 6. The molecule has 0 atom stereocenters. The van der Waals surface area contributed by atoms with Crippen molar-refractivity contribution < 1.29 is 23.8 Å². The Hall–Kier alpha value is -4.37. The molecule has 0 aromatic heterocycles. The van der Waals surface area contributed by atoms with E-state index in [9.17, 15) is 9.59 Å². The molecule has 0 aliphatic heterocycles. The maximum atomic E-state index is 12.4. The first-order valence-electron chi connectivity index (χ1n) is 10.9. The summed E-state index contributed by atoms with van der Waals surface area (Å²) in [6.07, 6.45) is 3.71. The second-order valence-corrected chi connectivity index (χ2v) is 7.38. The van der Waals surface area contributed by atoms with Gasteiger partial charge < -0.3 is 14.2 Å². The molecule has 0 saturated carbocycles. The lowest BCUT2D eigenvalue weighted by Gasteiger charge is -2.09. The van der Waals surface area contributed by atoms with Crippen molar-refractivity contribution in [3.8, 4) is 28.7 Å². The van der Waals surface area contributed by atoms with Crippen molar-refractivity contribution in [3.63, 3.8) is 0 Å². The van der Waals surface area contributed by atoms with Crippen LogP contribution in [0.25, 0.3) is 11.1 Å². The molecule has 0 saturated heterocycles. The first kappa shape index (κ1) is 24.3. The van der Waals surface area contributed by atoms with E-state index in [0.717, 1.165) is 42.2 Å². The van der Waals surface area contributed by atoms with Gasteiger partial charge in [0, 0.05) is 6.08 Å².